The Morgan fingerprint density at radius 2 is 1.71 bits per heavy atom. The number of rotatable bonds is 3. The van der Waals surface area contributed by atoms with Crippen molar-refractivity contribution in [2.24, 2.45) is 0 Å². The number of carbonyl (C=O) groups is 2. The molecule has 1 N–H and O–H groups in total. The van der Waals surface area contributed by atoms with Gasteiger partial charge in [0, 0.05) is 42.8 Å². The van der Waals surface area contributed by atoms with Crippen LogP contribution in [0.4, 0.5) is 0 Å². The second-order valence-electron chi connectivity index (χ2n) is 7.94. The normalized spacial score (nSPS) is 17.8. The molecule has 0 atom stereocenters. The molecular formula is C22H19Cl2N3O4. The lowest BCUT2D eigenvalue weighted by molar-refractivity contribution is -0.143. The molecule has 160 valence electrons. The SMILES string of the molecule is O=C(c1ccc(-c2nc3ccc(Cl)cc3o2)cc1Cl)N1CCN(C(=O)C2(O)CC2)CC1. The van der Waals surface area contributed by atoms with E-state index in [1.165, 1.54) is 0 Å². The molecule has 0 radical (unpaired) electrons. The number of nitrogens with zero attached hydrogens (tertiary/aromatic N) is 3. The van der Waals surface area contributed by atoms with Gasteiger partial charge in [-0.3, -0.25) is 9.59 Å². The summed E-state index contributed by atoms with van der Waals surface area (Å²) in [5.41, 5.74) is 1.11. The van der Waals surface area contributed by atoms with Gasteiger partial charge in [0.05, 0.1) is 10.6 Å². The van der Waals surface area contributed by atoms with Crippen molar-refractivity contribution in [3.05, 3.63) is 52.0 Å². The molecule has 7 nitrogen and oxygen atoms in total. The lowest BCUT2D eigenvalue weighted by Crippen LogP contribution is -2.53. The van der Waals surface area contributed by atoms with E-state index in [0.717, 1.165) is 0 Å². The van der Waals surface area contributed by atoms with Crippen LogP contribution in [-0.4, -0.2) is 63.5 Å². The van der Waals surface area contributed by atoms with Gasteiger partial charge in [0.15, 0.2) is 5.58 Å². The standard InChI is InChI=1S/C22H19Cl2N3O4/c23-14-2-4-17-18(12-14)31-19(25-17)13-1-3-15(16(24)11-13)20(28)26-7-9-27(10-8-26)21(29)22(30)5-6-22/h1-4,11-12,30H,5-10H2. The molecule has 9 heteroatoms. The first-order valence-corrected chi connectivity index (χ1v) is 10.8. The summed E-state index contributed by atoms with van der Waals surface area (Å²) in [7, 11) is 0. The predicted molar refractivity (Wildman–Crippen MR) is 116 cm³/mol. The van der Waals surface area contributed by atoms with Gasteiger partial charge in [0.2, 0.25) is 5.89 Å². The number of aromatic nitrogens is 1. The number of piperazine rings is 1. The Bertz CT molecular complexity index is 1200. The maximum absolute atomic E-state index is 13.0. The van der Waals surface area contributed by atoms with E-state index >= 15 is 0 Å². The summed E-state index contributed by atoms with van der Waals surface area (Å²) in [6.07, 6.45) is 1.03. The van der Waals surface area contributed by atoms with Crippen LogP contribution in [0.3, 0.4) is 0 Å². The zero-order chi connectivity index (χ0) is 21.8. The average molecular weight is 460 g/mol. The number of amides is 2. The Morgan fingerprint density at radius 1 is 1.00 bits per heavy atom. The van der Waals surface area contributed by atoms with E-state index in [1.54, 1.807) is 46.2 Å². The van der Waals surface area contributed by atoms with Gasteiger partial charge in [-0.25, -0.2) is 4.98 Å². The minimum Gasteiger partial charge on any atom is -0.436 e. The highest BCUT2D eigenvalue weighted by Gasteiger charge is 2.50. The Balaban J connectivity index is 1.30. The average Bonchev–Trinajstić information content (AvgIpc) is 3.38. The van der Waals surface area contributed by atoms with Crippen LogP contribution in [-0.2, 0) is 4.79 Å². The molecule has 1 saturated carbocycles. The van der Waals surface area contributed by atoms with Gasteiger partial charge in [0.25, 0.3) is 11.8 Å². The van der Waals surface area contributed by atoms with E-state index < -0.39 is 5.60 Å². The Morgan fingerprint density at radius 3 is 2.39 bits per heavy atom. The fraction of sp³-hybridized carbons (Fsp3) is 0.318. The van der Waals surface area contributed by atoms with Gasteiger partial charge in [0.1, 0.15) is 11.1 Å². The number of aliphatic hydroxyl groups is 1. The van der Waals surface area contributed by atoms with Crippen LogP contribution >= 0.6 is 23.2 Å². The molecule has 1 aliphatic heterocycles. The number of hydrogen-bond donors (Lipinski definition) is 1. The van der Waals surface area contributed by atoms with Gasteiger partial charge < -0.3 is 19.3 Å². The molecule has 1 aliphatic carbocycles. The quantitative estimate of drug-likeness (QED) is 0.646. The molecule has 2 amide bonds. The van der Waals surface area contributed by atoms with Gasteiger partial charge in [-0.2, -0.15) is 0 Å². The van der Waals surface area contributed by atoms with Crippen molar-refractivity contribution >= 4 is 46.1 Å². The molecule has 2 aliphatic rings. The zero-order valence-electron chi connectivity index (χ0n) is 16.5. The largest absolute Gasteiger partial charge is 0.436 e. The summed E-state index contributed by atoms with van der Waals surface area (Å²) in [5, 5.41) is 10.9. The van der Waals surface area contributed by atoms with Gasteiger partial charge in [-0.1, -0.05) is 23.2 Å². The van der Waals surface area contributed by atoms with Crippen molar-refractivity contribution in [3.8, 4) is 11.5 Å². The predicted octanol–water partition coefficient (Wildman–Crippen LogP) is 3.61. The second kappa shape index (κ2) is 7.51. The molecule has 2 heterocycles. The van der Waals surface area contributed by atoms with Crippen LogP contribution in [0.5, 0.6) is 0 Å². The summed E-state index contributed by atoms with van der Waals surface area (Å²) in [4.78, 5) is 33.0. The van der Waals surface area contributed by atoms with E-state index in [0.29, 0.717) is 77.2 Å². The number of carbonyl (C=O) groups excluding carboxylic acids is 2. The first-order valence-electron chi connectivity index (χ1n) is 10.0. The van der Waals surface area contributed by atoms with Crippen LogP contribution in [0.15, 0.2) is 40.8 Å². The maximum Gasteiger partial charge on any atom is 0.255 e. The molecule has 2 aromatic carbocycles. The van der Waals surface area contributed by atoms with E-state index in [9.17, 15) is 14.7 Å². The third kappa shape index (κ3) is 3.78. The molecule has 0 spiro atoms. The lowest BCUT2D eigenvalue weighted by atomic mass is 10.1. The van der Waals surface area contributed by atoms with Crippen molar-refractivity contribution in [3.63, 3.8) is 0 Å². The molecular weight excluding hydrogens is 441 g/mol. The maximum atomic E-state index is 13.0. The topological polar surface area (TPSA) is 86.9 Å². The monoisotopic (exact) mass is 459 g/mol. The fourth-order valence-electron chi connectivity index (χ4n) is 3.75. The van der Waals surface area contributed by atoms with Gasteiger partial charge >= 0.3 is 0 Å². The van der Waals surface area contributed by atoms with Crippen LogP contribution in [0.25, 0.3) is 22.6 Å². The van der Waals surface area contributed by atoms with Crippen LogP contribution < -0.4 is 0 Å². The number of benzene rings is 2. The number of halogens is 2. The Hall–Kier alpha value is -2.61. The second-order valence-corrected chi connectivity index (χ2v) is 8.79. The summed E-state index contributed by atoms with van der Waals surface area (Å²) >= 11 is 12.4. The summed E-state index contributed by atoms with van der Waals surface area (Å²) in [6.45, 7) is 1.58. The highest BCUT2D eigenvalue weighted by Crippen LogP contribution is 2.37. The third-order valence-electron chi connectivity index (χ3n) is 5.77. The smallest absolute Gasteiger partial charge is 0.255 e. The van der Waals surface area contributed by atoms with E-state index in [1.807, 2.05) is 0 Å². The van der Waals surface area contributed by atoms with Crippen LogP contribution in [0.1, 0.15) is 23.2 Å². The summed E-state index contributed by atoms with van der Waals surface area (Å²) < 4.78 is 5.77. The first-order chi connectivity index (χ1) is 14.8. The molecule has 5 rings (SSSR count). The van der Waals surface area contributed by atoms with E-state index in [-0.39, 0.29) is 11.8 Å². The molecule has 3 aromatic rings. The first kappa shape index (κ1) is 20.3. The molecule has 31 heavy (non-hydrogen) atoms. The van der Waals surface area contributed by atoms with Gasteiger partial charge in [-0.15, -0.1) is 0 Å². The Labute approximate surface area is 188 Å². The minimum atomic E-state index is -1.18. The van der Waals surface area contributed by atoms with E-state index in [2.05, 4.69) is 4.98 Å². The number of hydrogen-bond acceptors (Lipinski definition) is 5. The number of oxazole rings is 1. The number of fused-ring (bicyclic) bond motifs is 1. The van der Waals surface area contributed by atoms with Crippen molar-refractivity contribution in [1.82, 2.24) is 14.8 Å². The molecule has 1 saturated heterocycles. The van der Waals surface area contributed by atoms with Crippen molar-refractivity contribution in [2.75, 3.05) is 26.2 Å². The van der Waals surface area contributed by atoms with Crippen molar-refractivity contribution in [2.45, 2.75) is 18.4 Å². The highest BCUT2D eigenvalue weighted by atomic mass is 35.5. The van der Waals surface area contributed by atoms with Crippen molar-refractivity contribution < 1.29 is 19.1 Å². The zero-order valence-corrected chi connectivity index (χ0v) is 18.0. The van der Waals surface area contributed by atoms with Gasteiger partial charge in [-0.05, 0) is 43.2 Å². The fourth-order valence-corrected chi connectivity index (χ4v) is 4.18. The molecule has 1 aromatic heterocycles. The molecule has 0 bridgehead atoms. The summed E-state index contributed by atoms with van der Waals surface area (Å²) in [6, 6.07) is 10.3. The lowest BCUT2D eigenvalue weighted by Gasteiger charge is -2.36. The molecule has 0 unspecified atom stereocenters. The summed E-state index contributed by atoms with van der Waals surface area (Å²) in [5.74, 6) is -0.0389. The highest BCUT2D eigenvalue weighted by molar-refractivity contribution is 6.34. The van der Waals surface area contributed by atoms with Crippen molar-refractivity contribution in [1.29, 1.82) is 0 Å². The molecule has 2 fully saturated rings. The van der Waals surface area contributed by atoms with Crippen LogP contribution in [0.2, 0.25) is 10.0 Å². The third-order valence-corrected chi connectivity index (χ3v) is 6.32. The van der Waals surface area contributed by atoms with E-state index in [4.69, 9.17) is 27.6 Å². The Kier molecular flexibility index (Phi) is 4.92. The minimum absolute atomic E-state index is 0.196. The van der Waals surface area contributed by atoms with Crippen LogP contribution in [0, 0.1) is 0 Å².